The van der Waals surface area contributed by atoms with Gasteiger partial charge in [0.1, 0.15) is 0 Å². The zero-order chi connectivity index (χ0) is 15.4. The van der Waals surface area contributed by atoms with Crippen LogP contribution in [0.15, 0.2) is 18.2 Å². The number of nitrogens with two attached hydrogens (primary N) is 1. The standard InChI is InChI=1S/C15H19N3O3/c1-10-6-5-7-11-13(10)18(15(21)14(11)20)9-4-2-3-8-12(19)17-16/h5-7H,2-4,8-9,16H2,1H3,(H,17,19). The molecule has 0 spiro atoms. The Hall–Kier alpha value is -2.21. The number of aryl methyl sites for hydroxylation is 1. The Kier molecular flexibility index (Phi) is 4.70. The molecule has 0 radical (unpaired) electrons. The first-order valence-corrected chi connectivity index (χ1v) is 7.01. The first-order valence-electron chi connectivity index (χ1n) is 7.01. The summed E-state index contributed by atoms with van der Waals surface area (Å²) >= 11 is 0. The fourth-order valence-corrected chi connectivity index (χ4v) is 2.56. The third kappa shape index (κ3) is 3.11. The van der Waals surface area contributed by atoms with Gasteiger partial charge >= 0.3 is 0 Å². The third-order valence-corrected chi connectivity index (χ3v) is 3.64. The van der Waals surface area contributed by atoms with E-state index in [4.69, 9.17) is 5.84 Å². The van der Waals surface area contributed by atoms with Crippen LogP contribution in [0.1, 0.15) is 41.6 Å². The van der Waals surface area contributed by atoms with E-state index in [0.717, 1.165) is 24.1 Å². The lowest BCUT2D eigenvalue weighted by atomic mass is 10.1. The molecule has 6 nitrogen and oxygen atoms in total. The van der Waals surface area contributed by atoms with E-state index < -0.39 is 11.7 Å². The average Bonchev–Trinajstić information content (AvgIpc) is 2.73. The number of carbonyl (C=O) groups is 3. The number of benzene rings is 1. The Bertz CT molecular complexity index is 584. The Morgan fingerprint density at radius 3 is 2.71 bits per heavy atom. The van der Waals surface area contributed by atoms with E-state index in [9.17, 15) is 14.4 Å². The van der Waals surface area contributed by atoms with E-state index in [1.807, 2.05) is 13.0 Å². The van der Waals surface area contributed by atoms with Crippen molar-refractivity contribution < 1.29 is 14.4 Å². The summed E-state index contributed by atoms with van der Waals surface area (Å²) in [5.74, 6) is 3.92. The van der Waals surface area contributed by atoms with Crippen LogP contribution in [0.3, 0.4) is 0 Å². The van der Waals surface area contributed by atoms with E-state index >= 15 is 0 Å². The zero-order valence-corrected chi connectivity index (χ0v) is 12.0. The van der Waals surface area contributed by atoms with E-state index in [1.165, 1.54) is 0 Å². The minimum atomic E-state index is -0.459. The summed E-state index contributed by atoms with van der Waals surface area (Å²) in [5, 5.41) is 0. The number of hydrogen-bond donors (Lipinski definition) is 2. The van der Waals surface area contributed by atoms with Crippen molar-refractivity contribution in [1.82, 2.24) is 5.43 Å². The van der Waals surface area contributed by atoms with Crippen LogP contribution in [0.2, 0.25) is 0 Å². The SMILES string of the molecule is Cc1cccc2c1N(CCCCCC(=O)NN)C(=O)C2=O. The number of Topliss-reactive ketones (excluding diaryl/α,β-unsaturated/α-hetero) is 1. The normalized spacial score (nSPS) is 13.5. The van der Waals surface area contributed by atoms with Crippen molar-refractivity contribution in [2.24, 2.45) is 5.84 Å². The van der Waals surface area contributed by atoms with E-state index in [-0.39, 0.29) is 5.91 Å². The van der Waals surface area contributed by atoms with Crippen LogP contribution in [0, 0.1) is 6.92 Å². The molecule has 1 aromatic rings. The second-order valence-electron chi connectivity index (χ2n) is 5.14. The van der Waals surface area contributed by atoms with Gasteiger partial charge in [0.15, 0.2) is 0 Å². The predicted molar refractivity (Wildman–Crippen MR) is 78.7 cm³/mol. The quantitative estimate of drug-likeness (QED) is 0.269. The van der Waals surface area contributed by atoms with Gasteiger partial charge in [0.2, 0.25) is 5.91 Å². The molecule has 1 heterocycles. The van der Waals surface area contributed by atoms with Gasteiger partial charge in [-0.25, -0.2) is 5.84 Å². The first kappa shape index (κ1) is 15.2. The highest BCUT2D eigenvalue weighted by atomic mass is 16.2. The van der Waals surface area contributed by atoms with E-state index in [0.29, 0.717) is 24.9 Å². The highest BCUT2D eigenvalue weighted by Crippen LogP contribution is 2.32. The number of ketones is 1. The molecule has 2 rings (SSSR count). The molecule has 0 unspecified atom stereocenters. The number of fused-ring (bicyclic) bond motifs is 1. The van der Waals surface area contributed by atoms with E-state index in [2.05, 4.69) is 5.43 Å². The highest BCUT2D eigenvalue weighted by Gasteiger charge is 2.36. The summed E-state index contributed by atoms with van der Waals surface area (Å²) < 4.78 is 0. The van der Waals surface area contributed by atoms with Gasteiger partial charge in [-0.05, 0) is 31.4 Å². The molecular weight excluding hydrogens is 270 g/mol. The monoisotopic (exact) mass is 289 g/mol. The maximum Gasteiger partial charge on any atom is 0.299 e. The second kappa shape index (κ2) is 6.49. The number of hydrogen-bond acceptors (Lipinski definition) is 4. The van der Waals surface area contributed by atoms with Crippen LogP contribution in [0.5, 0.6) is 0 Å². The molecule has 0 saturated heterocycles. The van der Waals surface area contributed by atoms with Gasteiger partial charge < -0.3 is 4.90 Å². The number of unbranched alkanes of at least 4 members (excludes halogenated alkanes) is 2. The van der Waals surface area contributed by atoms with Gasteiger partial charge in [0.25, 0.3) is 11.7 Å². The van der Waals surface area contributed by atoms with Crippen LogP contribution in [0.4, 0.5) is 5.69 Å². The number of nitrogens with zero attached hydrogens (tertiary/aromatic N) is 1. The van der Waals surface area contributed by atoms with Gasteiger partial charge in [-0.3, -0.25) is 19.8 Å². The third-order valence-electron chi connectivity index (χ3n) is 3.64. The number of anilines is 1. The van der Waals surface area contributed by atoms with Crippen molar-refractivity contribution in [2.75, 3.05) is 11.4 Å². The van der Waals surface area contributed by atoms with Crippen molar-refractivity contribution in [2.45, 2.75) is 32.6 Å². The molecule has 0 bridgehead atoms. The van der Waals surface area contributed by atoms with Crippen molar-refractivity contribution >= 4 is 23.3 Å². The smallest absolute Gasteiger partial charge is 0.299 e. The Balaban J connectivity index is 1.94. The largest absolute Gasteiger partial charge is 0.304 e. The molecule has 0 aliphatic carbocycles. The first-order chi connectivity index (χ1) is 10.1. The molecule has 1 aliphatic rings. The van der Waals surface area contributed by atoms with Crippen molar-refractivity contribution in [3.05, 3.63) is 29.3 Å². The van der Waals surface area contributed by atoms with Crippen LogP contribution in [-0.2, 0) is 9.59 Å². The van der Waals surface area contributed by atoms with Crippen LogP contribution < -0.4 is 16.2 Å². The molecule has 2 amide bonds. The molecule has 21 heavy (non-hydrogen) atoms. The van der Waals surface area contributed by atoms with Crippen molar-refractivity contribution in [3.8, 4) is 0 Å². The molecule has 0 saturated carbocycles. The summed E-state index contributed by atoms with van der Waals surface area (Å²) in [6, 6.07) is 5.37. The van der Waals surface area contributed by atoms with Crippen molar-refractivity contribution in [1.29, 1.82) is 0 Å². The molecule has 1 aromatic carbocycles. The Labute approximate surface area is 123 Å². The van der Waals surface area contributed by atoms with Crippen molar-refractivity contribution in [3.63, 3.8) is 0 Å². The minimum absolute atomic E-state index is 0.191. The lowest BCUT2D eigenvalue weighted by Gasteiger charge is -2.18. The molecule has 0 atom stereocenters. The summed E-state index contributed by atoms with van der Waals surface area (Å²) in [5.41, 5.74) is 4.22. The lowest BCUT2D eigenvalue weighted by Crippen LogP contribution is -2.31. The Morgan fingerprint density at radius 1 is 1.24 bits per heavy atom. The maximum absolute atomic E-state index is 12.0. The maximum atomic E-state index is 12.0. The summed E-state index contributed by atoms with van der Waals surface area (Å²) in [4.78, 5) is 36.5. The minimum Gasteiger partial charge on any atom is -0.304 e. The fraction of sp³-hybridized carbons (Fsp3) is 0.400. The highest BCUT2D eigenvalue weighted by molar-refractivity contribution is 6.52. The number of hydrazine groups is 1. The van der Waals surface area contributed by atoms with E-state index in [1.54, 1.807) is 17.0 Å². The Morgan fingerprint density at radius 2 is 2.00 bits per heavy atom. The molecule has 0 aromatic heterocycles. The van der Waals surface area contributed by atoms with Gasteiger partial charge in [-0.1, -0.05) is 18.6 Å². The molecule has 6 heteroatoms. The topological polar surface area (TPSA) is 92.5 Å². The lowest BCUT2D eigenvalue weighted by molar-refractivity contribution is -0.121. The molecule has 3 N–H and O–H groups in total. The molecular formula is C15H19N3O3. The van der Waals surface area contributed by atoms with Gasteiger partial charge in [-0.2, -0.15) is 0 Å². The zero-order valence-electron chi connectivity index (χ0n) is 12.0. The average molecular weight is 289 g/mol. The number of nitrogens with one attached hydrogen (secondary N) is 1. The van der Waals surface area contributed by atoms with Crippen LogP contribution in [0.25, 0.3) is 0 Å². The number of amides is 2. The van der Waals surface area contributed by atoms with Gasteiger partial charge in [0, 0.05) is 13.0 Å². The predicted octanol–water partition coefficient (Wildman–Crippen LogP) is 1.07. The number of carbonyl (C=O) groups excluding carboxylic acids is 3. The number of rotatable bonds is 6. The molecule has 1 aliphatic heterocycles. The summed E-state index contributed by atoms with van der Waals surface area (Å²) in [6.45, 7) is 2.38. The summed E-state index contributed by atoms with van der Waals surface area (Å²) in [6.07, 6.45) is 2.62. The molecule has 0 fully saturated rings. The van der Waals surface area contributed by atoms with Crippen LogP contribution >= 0.6 is 0 Å². The number of para-hydroxylation sites is 1. The van der Waals surface area contributed by atoms with Gasteiger partial charge in [0.05, 0.1) is 11.3 Å². The van der Waals surface area contributed by atoms with Gasteiger partial charge in [-0.15, -0.1) is 0 Å². The summed E-state index contributed by atoms with van der Waals surface area (Å²) in [7, 11) is 0. The van der Waals surface area contributed by atoms with Crippen LogP contribution in [-0.4, -0.2) is 24.1 Å². The second-order valence-corrected chi connectivity index (χ2v) is 5.14. The fourth-order valence-electron chi connectivity index (χ4n) is 2.56. The molecule has 112 valence electrons.